The molecule has 1 fully saturated rings. The van der Waals surface area contributed by atoms with Gasteiger partial charge in [-0.3, -0.25) is 9.59 Å². The highest BCUT2D eigenvalue weighted by Gasteiger charge is 2.35. The van der Waals surface area contributed by atoms with Gasteiger partial charge in [0.05, 0.1) is 30.0 Å². The van der Waals surface area contributed by atoms with Gasteiger partial charge in [0.1, 0.15) is 0 Å². The van der Waals surface area contributed by atoms with E-state index in [2.05, 4.69) is 10.1 Å². The number of ether oxygens (including phenoxy) is 1. The second-order valence-corrected chi connectivity index (χ2v) is 5.73. The van der Waals surface area contributed by atoms with Crippen LogP contribution in [0.1, 0.15) is 40.5 Å². The van der Waals surface area contributed by atoms with Crippen LogP contribution in [0.15, 0.2) is 23.1 Å². The second kappa shape index (κ2) is 5.91. The van der Waals surface area contributed by atoms with E-state index in [0.717, 1.165) is 24.1 Å². The molecule has 1 aliphatic heterocycles. The van der Waals surface area contributed by atoms with Gasteiger partial charge in [-0.05, 0) is 25.8 Å². The van der Waals surface area contributed by atoms with Crippen LogP contribution in [0.25, 0.3) is 0 Å². The van der Waals surface area contributed by atoms with Gasteiger partial charge in [-0.25, -0.2) is 4.68 Å². The lowest BCUT2D eigenvalue weighted by molar-refractivity contribution is 0.0733. The smallest absolute Gasteiger partial charge is 0.255 e. The number of likely N-dealkylation sites (tertiary alicyclic amines) is 1. The van der Waals surface area contributed by atoms with Crippen molar-refractivity contribution in [2.45, 2.75) is 25.8 Å². The van der Waals surface area contributed by atoms with Crippen LogP contribution in [-0.2, 0) is 7.05 Å². The van der Waals surface area contributed by atoms with Gasteiger partial charge in [0.25, 0.3) is 5.91 Å². The molecule has 7 heteroatoms. The predicted molar refractivity (Wildman–Crippen MR) is 84.6 cm³/mol. The number of H-pyrrole nitrogens is 1. The molecule has 23 heavy (non-hydrogen) atoms. The molecule has 2 aromatic rings. The van der Waals surface area contributed by atoms with Crippen LogP contribution in [-0.4, -0.2) is 39.2 Å². The normalized spacial score (nSPS) is 17.5. The van der Waals surface area contributed by atoms with Gasteiger partial charge in [-0.2, -0.15) is 5.10 Å². The molecule has 3 heterocycles. The lowest BCUT2D eigenvalue weighted by atomic mass is 10.0. The minimum absolute atomic E-state index is 0.0573. The average molecular weight is 316 g/mol. The molecule has 0 spiro atoms. The first kappa shape index (κ1) is 15.3. The first-order valence-corrected chi connectivity index (χ1v) is 7.60. The van der Waals surface area contributed by atoms with Gasteiger partial charge in [0, 0.05) is 25.9 Å². The van der Waals surface area contributed by atoms with Crippen LogP contribution in [0, 0.1) is 6.92 Å². The summed E-state index contributed by atoms with van der Waals surface area (Å²) in [5, 5.41) is 4.41. The molecule has 1 amide bonds. The van der Waals surface area contributed by atoms with Crippen molar-refractivity contribution in [3.05, 3.63) is 45.5 Å². The summed E-state index contributed by atoms with van der Waals surface area (Å²) < 4.78 is 7.17. The fraction of sp³-hybridized carbons (Fsp3) is 0.438. The van der Waals surface area contributed by atoms with Crippen molar-refractivity contribution in [3.8, 4) is 5.88 Å². The molecule has 0 saturated carbocycles. The number of carbonyl (C=O) groups is 1. The Morgan fingerprint density at radius 2 is 2.22 bits per heavy atom. The molecule has 3 rings (SSSR count). The Labute approximate surface area is 133 Å². The zero-order valence-corrected chi connectivity index (χ0v) is 13.5. The van der Waals surface area contributed by atoms with Gasteiger partial charge >= 0.3 is 0 Å². The summed E-state index contributed by atoms with van der Waals surface area (Å²) in [6.07, 6.45) is 3.27. The van der Waals surface area contributed by atoms with E-state index in [1.807, 2.05) is 18.9 Å². The Hall–Kier alpha value is -2.57. The first-order valence-electron chi connectivity index (χ1n) is 7.60. The van der Waals surface area contributed by atoms with Crippen molar-refractivity contribution >= 4 is 5.91 Å². The quantitative estimate of drug-likeness (QED) is 0.928. The molecule has 7 nitrogen and oxygen atoms in total. The maximum Gasteiger partial charge on any atom is 0.255 e. The Kier molecular flexibility index (Phi) is 3.94. The van der Waals surface area contributed by atoms with Crippen molar-refractivity contribution in [3.63, 3.8) is 0 Å². The summed E-state index contributed by atoms with van der Waals surface area (Å²) in [5.74, 6) is 0.600. The largest absolute Gasteiger partial charge is 0.481 e. The van der Waals surface area contributed by atoms with E-state index in [9.17, 15) is 9.59 Å². The van der Waals surface area contributed by atoms with Gasteiger partial charge in [0.15, 0.2) is 0 Å². The number of nitrogens with one attached hydrogen (secondary N) is 1. The number of nitrogens with zero attached hydrogens (tertiary/aromatic N) is 3. The van der Waals surface area contributed by atoms with Crippen molar-refractivity contribution in [1.29, 1.82) is 0 Å². The SMILES string of the molecule is COc1c(C2CCCN2C(=O)c2ccc(=O)[nH]c2)c(C)nn1C. The third-order valence-corrected chi connectivity index (χ3v) is 4.29. The topological polar surface area (TPSA) is 80.2 Å². The van der Waals surface area contributed by atoms with Crippen LogP contribution in [0.4, 0.5) is 0 Å². The summed E-state index contributed by atoms with van der Waals surface area (Å²) in [5.41, 5.74) is 2.10. The van der Waals surface area contributed by atoms with Gasteiger partial charge in [-0.15, -0.1) is 0 Å². The van der Waals surface area contributed by atoms with E-state index in [1.165, 1.54) is 12.3 Å². The van der Waals surface area contributed by atoms with Crippen LogP contribution in [0.5, 0.6) is 5.88 Å². The number of hydrogen-bond acceptors (Lipinski definition) is 4. The zero-order valence-electron chi connectivity index (χ0n) is 13.5. The van der Waals surface area contributed by atoms with Crippen molar-refractivity contribution in [1.82, 2.24) is 19.7 Å². The molecule has 1 atom stereocenters. The fourth-order valence-corrected chi connectivity index (χ4v) is 3.30. The van der Waals surface area contributed by atoms with Gasteiger partial charge < -0.3 is 14.6 Å². The van der Waals surface area contributed by atoms with E-state index in [-0.39, 0.29) is 17.5 Å². The molecular weight excluding hydrogens is 296 g/mol. The van der Waals surface area contributed by atoms with Gasteiger partial charge in [0.2, 0.25) is 11.4 Å². The number of aromatic amines is 1. The second-order valence-electron chi connectivity index (χ2n) is 5.73. The number of rotatable bonds is 3. The summed E-state index contributed by atoms with van der Waals surface area (Å²) in [4.78, 5) is 28.4. The molecule has 1 saturated heterocycles. The maximum absolute atomic E-state index is 12.8. The number of hydrogen-bond donors (Lipinski definition) is 1. The zero-order chi connectivity index (χ0) is 16.6. The third-order valence-electron chi connectivity index (χ3n) is 4.29. The average Bonchev–Trinajstić information content (AvgIpc) is 3.10. The Balaban J connectivity index is 1.96. The van der Waals surface area contributed by atoms with E-state index >= 15 is 0 Å². The van der Waals surface area contributed by atoms with Crippen molar-refractivity contribution < 1.29 is 9.53 Å². The molecule has 0 aliphatic carbocycles. The van der Waals surface area contributed by atoms with Gasteiger partial charge in [-0.1, -0.05) is 0 Å². The van der Waals surface area contributed by atoms with E-state index in [1.54, 1.807) is 17.9 Å². The standard InChI is InChI=1S/C16H20N4O3/c1-10-14(16(23-3)19(2)18-10)12-5-4-8-20(12)15(22)11-6-7-13(21)17-9-11/h6-7,9,12H,4-5,8H2,1-3H3,(H,17,21). The Morgan fingerprint density at radius 1 is 1.43 bits per heavy atom. The molecule has 1 N–H and O–H groups in total. The summed E-state index contributed by atoms with van der Waals surface area (Å²) in [7, 11) is 3.45. The number of carbonyl (C=O) groups excluding carboxylic acids is 1. The number of aromatic nitrogens is 3. The van der Waals surface area contributed by atoms with E-state index in [0.29, 0.717) is 18.0 Å². The van der Waals surface area contributed by atoms with E-state index < -0.39 is 0 Å². The predicted octanol–water partition coefficient (Wildman–Crippen LogP) is 1.40. The Morgan fingerprint density at radius 3 is 2.87 bits per heavy atom. The highest BCUT2D eigenvalue weighted by Crippen LogP contribution is 2.39. The fourth-order valence-electron chi connectivity index (χ4n) is 3.30. The summed E-state index contributed by atoms with van der Waals surface area (Å²) in [6.45, 7) is 2.61. The minimum Gasteiger partial charge on any atom is -0.481 e. The monoisotopic (exact) mass is 316 g/mol. The molecule has 0 radical (unpaired) electrons. The Bertz CT molecular complexity index is 773. The van der Waals surface area contributed by atoms with E-state index in [4.69, 9.17) is 4.74 Å². The summed E-state index contributed by atoms with van der Waals surface area (Å²) in [6, 6.07) is 2.87. The molecule has 1 aliphatic rings. The molecule has 2 aromatic heterocycles. The van der Waals surface area contributed by atoms with Crippen LogP contribution >= 0.6 is 0 Å². The first-order chi connectivity index (χ1) is 11.0. The van der Waals surface area contributed by atoms with Crippen LogP contribution in [0.2, 0.25) is 0 Å². The third kappa shape index (κ3) is 2.62. The summed E-state index contributed by atoms with van der Waals surface area (Å²) >= 11 is 0. The molecular formula is C16H20N4O3. The lowest BCUT2D eigenvalue weighted by Gasteiger charge is -2.25. The number of pyridine rings is 1. The highest BCUT2D eigenvalue weighted by molar-refractivity contribution is 5.94. The molecule has 0 bridgehead atoms. The van der Waals surface area contributed by atoms with Crippen LogP contribution in [0.3, 0.4) is 0 Å². The minimum atomic E-state index is -0.218. The highest BCUT2D eigenvalue weighted by atomic mass is 16.5. The van der Waals surface area contributed by atoms with Crippen LogP contribution < -0.4 is 10.3 Å². The number of methoxy groups -OCH3 is 1. The molecule has 0 aromatic carbocycles. The van der Waals surface area contributed by atoms with Crippen molar-refractivity contribution in [2.24, 2.45) is 7.05 Å². The molecule has 1 unspecified atom stereocenters. The maximum atomic E-state index is 12.8. The number of amides is 1. The lowest BCUT2D eigenvalue weighted by Crippen LogP contribution is -2.31. The number of aryl methyl sites for hydroxylation is 2. The molecule has 122 valence electrons. The van der Waals surface area contributed by atoms with Crippen molar-refractivity contribution in [2.75, 3.05) is 13.7 Å².